The fraction of sp³-hybridized carbons (Fsp3) is 0.800. The molecule has 0 aromatic carbocycles. The van der Waals surface area contributed by atoms with Crippen LogP contribution in [0.3, 0.4) is 0 Å². The van der Waals surface area contributed by atoms with E-state index in [2.05, 4.69) is 27.7 Å². The van der Waals surface area contributed by atoms with Crippen molar-refractivity contribution < 1.29 is 48.0 Å². The molecule has 0 aromatic heterocycles. The first kappa shape index (κ1) is 21.9. The van der Waals surface area contributed by atoms with E-state index in [1.807, 2.05) is 0 Å². The molecular formula is C10H18Cl2S2Zr. The first-order valence-electron chi connectivity index (χ1n) is 4.79. The Morgan fingerprint density at radius 1 is 0.933 bits per heavy atom. The summed E-state index contributed by atoms with van der Waals surface area (Å²) in [6.45, 7) is 8.67. The molecule has 15 heavy (non-hydrogen) atoms. The summed E-state index contributed by atoms with van der Waals surface area (Å²) in [6, 6.07) is 0. The van der Waals surface area contributed by atoms with Gasteiger partial charge in [0.25, 0.3) is 0 Å². The van der Waals surface area contributed by atoms with Crippen molar-refractivity contribution in [1.82, 2.24) is 0 Å². The van der Waals surface area contributed by atoms with E-state index in [4.69, 9.17) is 24.4 Å². The first-order chi connectivity index (χ1) is 6.02. The number of halogens is 2. The maximum atomic E-state index is 5.27. The van der Waals surface area contributed by atoms with Crippen LogP contribution in [0.2, 0.25) is 7.25 Å². The molecular weight excluding hydrogens is 346 g/mol. The van der Waals surface area contributed by atoms with Gasteiger partial charge in [0, 0.05) is 0 Å². The van der Waals surface area contributed by atoms with E-state index in [0.717, 1.165) is 7.25 Å². The molecule has 0 aliphatic rings. The quantitative estimate of drug-likeness (QED) is 0.513. The predicted molar refractivity (Wildman–Crippen MR) is 64.6 cm³/mol. The van der Waals surface area contributed by atoms with E-state index in [-0.39, 0.29) is 24.8 Å². The van der Waals surface area contributed by atoms with Gasteiger partial charge < -0.3 is 24.8 Å². The molecule has 0 rings (SSSR count). The Labute approximate surface area is 129 Å². The molecule has 0 aliphatic heterocycles. The van der Waals surface area contributed by atoms with Gasteiger partial charge in [-0.1, -0.05) is 0 Å². The van der Waals surface area contributed by atoms with Gasteiger partial charge >= 0.3 is 105 Å². The summed E-state index contributed by atoms with van der Waals surface area (Å²) in [5, 5.41) is 0. The summed E-state index contributed by atoms with van der Waals surface area (Å²) in [6.07, 6.45) is 2.45. The van der Waals surface area contributed by atoms with E-state index < -0.39 is 23.2 Å². The standard InChI is InChI=1S/2C5H9S.2ClH.Zr/c2*1-3-4-5(2)6;;;/h2*4H,3H2,1-2H3;2*1H;/q;;;;+2/p-2. The van der Waals surface area contributed by atoms with Crippen molar-refractivity contribution in [3.8, 4) is 0 Å². The Kier molecular flexibility index (Phi) is 17.7. The van der Waals surface area contributed by atoms with Gasteiger partial charge in [0.05, 0.1) is 0 Å². The predicted octanol–water partition coefficient (Wildman–Crippen LogP) is -1.75. The van der Waals surface area contributed by atoms with Crippen molar-refractivity contribution in [2.75, 3.05) is 0 Å². The van der Waals surface area contributed by atoms with E-state index >= 15 is 0 Å². The van der Waals surface area contributed by atoms with Gasteiger partial charge in [-0.2, -0.15) is 0 Å². The van der Waals surface area contributed by atoms with Crippen molar-refractivity contribution in [1.29, 1.82) is 0 Å². The molecule has 0 radical (unpaired) electrons. The Morgan fingerprint density at radius 3 is 1.33 bits per heavy atom. The SMILES string of the molecule is CC[CH]([Zr+2][CH](CC)C(C)=S)C(C)=S.[Cl-].[Cl-]. The molecule has 0 fully saturated rings. The summed E-state index contributed by atoms with van der Waals surface area (Å²) in [4.78, 5) is 2.42. The molecule has 2 unspecified atom stereocenters. The normalized spacial score (nSPS) is 12.5. The number of hydrogen-bond acceptors (Lipinski definition) is 2. The topological polar surface area (TPSA) is 0 Å². The number of hydrogen-bond donors (Lipinski definition) is 0. The van der Waals surface area contributed by atoms with Crippen molar-refractivity contribution in [3.63, 3.8) is 0 Å². The Morgan fingerprint density at radius 2 is 1.20 bits per heavy atom. The van der Waals surface area contributed by atoms with Crippen LogP contribution in [0.5, 0.6) is 0 Å². The summed E-state index contributed by atoms with van der Waals surface area (Å²) >= 11 is 10.1. The van der Waals surface area contributed by atoms with Crippen LogP contribution in [0, 0.1) is 0 Å². The van der Waals surface area contributed by atoms with Crippen LogP contribution >= 0.6 is 24.4 Å². The zero-order valence-corrected chi connectivity index (χ0v) is 15.2. The Balaban J connectivity index is -0.000000720. The van der Waals surface area contributed by atoms with Gasteiger partial charge in [-0.25, -0.2) is 0 Å². The Bertz CT molecular complexity index is 178. The second-order valence-electron chi connectivity index (χ2n) is 3.31. The fourth-order valence-corrected chi connectivity index (χ4v) is 5.93. The van der Waals surface area contributed by atoms with Crippen LogP contribution in [-0.2, 0) is 23.2 Å². The second kappa shape index (κ2) is 12.1. The van der Waals surface area contributed by atoms with Crippen molar-refractivity contribution >= 4 is 34.2 Å². The maximum Gasteiger partial charge on any atom is -1.00 e. The minimum absolute atomic E-state index is 0. The molecule has 88 valence electrons. The number of rotatable bonds is 6. The summed E-state index contributed by atoms with van der Waals surface area (Å²) in [5.41, 5.74) is 0. The van der Waals surface area contributed by atoms with Gasteiger partial charge in [0.15, 0.2) is 0 Å². The summed E-state index contributed by atoms with van der Waals surface area (Å²) in [5.74, 6) is 0. The van der Waals surface area contributed by atoms with Crippen LogP contribution < -0.4 is 24.8 Å². The minimum Gasteiger partial charge on any atom is -1.00 e. The van der Waals surface area contributed by atoms with E-state index in [1.165, 1.54) is 22.6 Å². The average Bonchev–Trinajstić information content (AvgIpc) is 2.05. The summed E-state index contributed by atoms with van der Waals surface area (Å²) in [7, 11) is 0. The smallest absolute Gasteiger partial charge is 1.00 e. The molecule has 0 aliphatic carbocycles. The molecule has 0 N–H and O–H groups in total. The van der Waals surface area contributed by atoms with Gasteiger partial charge in [0.1, 0.15) is 0 Å². The molecule has 0 amide bonds. The molecule has 0 bridgehead atoms. The monoisotopic (exact) mass is 362 g/mol. The van der Waals surface area contributed by atoms with Gasteiger partial charge in [0.2, 0.25) is 0 Å². The zero-order chi connectivity index (χ0) is 10.4. The molecule has 2 atom stereocenters. The number of thiocarbonyl (C=S) groups is 2. The molecule has 0 aromatic rings. The van der Waals surface area contributed by atoms with Gasteiger partial charge in [-0.3, -0.25) is 0 Å². The third-order valence-electron chi connectivity index (χ3n) is 2.20. The van der Waals surface area contributed by atoms with E-state index in [0.29, 0.717) is 0 Å². The van der Waals surface area contributed by atoms with Crippen LogP contribution in [0.15, 0.2) is 0 Å². The summed E-state index contributed by atoms with van der Waals surface area (Å²) < 4.78 is 1.50. The molecule has 0 saturated heterocycles. The molecule has 0 saturated carbocycles. The molecule has 0 heterocycles. The van der Waals surface area contributed by atoms with E-state index in [1.54, 1.807) is 0 Å². The second-order valence-corrected chi connectivity index (χ2v) is 8.84. The van der Waals surface area contributed by atoms with Crippen LogP contribution in [0.1, 0.15) is 40.5 Å². The molecule has 5 heteroatoms. The van der Waals surface area contributed by atoms with Gasteiger partial charge in [-0.15, -0.1) is 0 Å². The van der Waals surface area contributed by atoms with Gasteiger partial charge in [-0.05, 0) is 0 Å². The minimum atomic E-state index is -0.427. The first-order valence-corrected chi connectivity index (χ1v) is 8.45. The maximum absolute atomic E-state index is 5.27. The third kappa shape index (κ3) is 9.35. The van der Waals surface area contributed by atoms with Crippen molar-refractivity contribution in [2.45, 2.75) is 47.8 Å². The largest absolute Gasteiger partial charge is 1.00 e. The fourth-order valence-electron chi connectivity index (χ4n) is 1.29. The van der Waals surface area contributed by atoms with E-state index in [9.17, 15) is 0 Å². The van der Waals surface area contributed by atoms with Crippen LogP contribution in [0.25, 0.3) is 0 Å². The Hall–Kier alpha value is 1.64. The van der Waals surface area contributed by atoms with Crippen molar-refractivity contribution in [3.05, 3.63) is 0 Å². The molecule has 0 nitrogen and oxygen atoms in total. The van der Waals surface area contributed by atoms with Crippen LogP contribution in [0.4, 0.5) is 0 Å². The van der Waals surface area contributed by atoms with Crippen LogP contribution in [-0.4, -0.2) is 9.73 Å². The van der Waals surface area contributed by atoms with Crippen molar-refractivity contribution in [2.24, 2.45) is 0 Å². The average molecular weight is 365 g/mol. The molecule has 0 spiro atoms. The third-order valence-corrected chi connectivity index (χ3v) is 9.91. The zero-order valence-electron chi connectivity index (χ0n) is 9.64.